The number of hydrogen-bond acceptors (Lipinski definition) is 6. The molecular formula is C17H10N2O4S2. The number of nitro groups is 1. The molecule has 1 heterocycles. The minimum Gasteiger partial charge on any atom is -0.268 e. The van der Waals surface area contributed by atoms with Gasteiger partial charge in [0.15, 0.2) is 4.32 Å². The fourth-order valence-electron chi connectivity index (χ4n) is 2.23. The van der Waals surface area contributed by atoms with Crippen molar-refractivity contribution >= 4 is 51.9 Å². The first-order valence-corrected chi connectivity index (χ1v) is 8.31. The van der Waals surface area contributed by atoms with Crippen LogP contribution in [0.15, 0.2) is 59.5 Å². The number of imide groups is 1. The van der Waals surface area contributed by atoms with Gasteiger partial charge >= 0.3 is 0 Å². The number of benzene rings is 2. The van der Waals surface area contributed by atoms with E-state index < -0.39 is 16.7 Å². The molecule has 0 aromatic heterocycles. The number of non-ortho nitro benzene ring substituents is 1. The lowest BCUT2D eigenvalue weighted by Gasteiger charge is -2.12. The summed E-state index contributed by atoms with van der Waals surface area (Å²) in [5.74, 6) is -1.21. The lowest BCUT2D eigenvalue weighted by atomic mass is 10.1. The highest BCUT2D eigenvalue weighted by Gasteiger charge is 2.37. The Kier molecular flexibility index (Phi) is 4.73. The molecule has 0 spiro atoms. The van der Waals surface area contributed by atoms with Gasteiger partial charge in [-0.25, -0.2) is 4.90 Å². The highest BCUT2D eigenvalue weighted by atomic mass is 32.2. The summed E-state index contributed by atoms with van der Waals surface area (Å²) in [4.78, 5) is 36.6. The van der Waals surface area contributed by atoms with Gasteiger partial charge in [-0.2, -0.15) is 0 Å². The molecule has 6 nitrogen and oxygen atoms in total. The van der Waals surface area contributed by atoms with E-state index in [-0.39, 0.29) is 15.6 Å². The molecule has 1 saturated heterocycles. The Morgan fingerprint density at radius 2 is 1.88 bits per heavy atom. The summed E-state index contributed by atoms with van der Waals surface area (Å²) < 4.78 is 0.101. The van der Waals surface area contributed by atoms with Crippen molar-refractivity contribution in [3.63, 3.8) is 0 Å². The molecule has 124 valence electrons. The second-order valence-corrected chi connectivity index (χ2v) is 6.72. The Morgan fingerprint density at radius 1 is 1.16 bits per heavy atom. The molecule has 2 aromatic carbocycles. The van der Waals surface area contributed by atoms with Crippen molar-refractivity contribution in [3.05, 3.63) is 80.7 Å². The molecule has 0 N–H and O–H groups in total. The van der Waals surface area contributed by atoms with Crippen molar-refractivity contribution in [1.82, 2.24) is 4.90 Å². The van der Waals surface area contributed by atoms with Crippen LogP contribution in [0.25, 0.3) is 6.08 Å². The third-order valence-corrected chi connectivity index (χ3v) is 4.70. The number of nitro benzene ring substituents is 1. The van der Waals surface area contributed by atoms with Gasteiger partial charge in [-0.1, -0.05) is 60.4 Å². The van der Waals surface area contributed by atoms with Crippen LogP contribution in [0, 0.1) is 10.1 Å². The summed E-state index contributed by atoms with van der Waals surface area (Å²) in [6.07, 6.45) is 1.65. The van der Waals surface area contributed by atoms with E-state index in [1.165, 1.54) is 18.2 Å². The van der Waals surface area contributed by atoms with Crippen LogP contribution < -0.4 is 0 Å². The fraction of sp³-hybridized carbons (Fsp3) is 0. The Morgan fingerprint density at radius 3 is 2.56 bits per heavy atom. The van der Waals surface area contributed by atoms with Crippen LogP contribution in [0.1, 0.15) is 15.9 Å². The van der Waals surface area contributed by atoms with Gasteiger partial charge in [-0.3, -0.25) is 19.7 Å². The molecule has 0 unspecified atom stereocenters. The smallest absolute Gasteiger partial charge is 0.268 e. The average molecular weight is 370 g/mol. The van der Waals surface area contributed by atoms with Crippen molar-refractivity contribution in [2.45, 2.75) is 0 Å². The monoisotopic (exact) mass is 370 g/mol. The quantitative estimate of drug-likeness (QED) is 0.270. The largest absolute Gasteiger partial charge is 0.273 e. The summed E-state index contributed by atoms with van der Waals surface area (Å²) in [7, 11) is 0. The zero-order chi connectivity index (χ0) is 18.0. The number of rotatable bonds is 3. The predicted octanol–water partition coefficient (Wildman–Crippen LogP) is 3.64. The lowest BCUT2D eigenvalue weighted by molar-refractivity contribution is -0.384. The van der Waals surface area contributed by atoms with Crippen LogP contribution in [0.5, 0.6) is 0 Å². The Labute approximate surface area is 152 Å². The third kappa shape index (κ3) is 3.49. The molecule has 0 atom stereocenters. The van der Waals surface area contributed by atoms with Crippen LogP contribution in [-0.4, -0.2) is 26.0 Å². The van der Waals surface area contributed by atoms with E-state index in [9.17, 15) is 19.7 Å². The molecule has 8 heteroatoms. The number of nitrogens with zero attached hydrogens (tertiary/aromatic N) is 2. The lowest BCUT2D eigenvalue weighted by Crippen LogP contribution is -2.34. The maximum absolute atomic E-state index is 12.6. The van der Waals surface area contributed by atoms with Crippen LogP contribution in [0.2, 0.25) is 0 Å². The summed E-state index contributed by atoms with van der Waals surface area (Å²) in [6.45, 7) is 0. The van der Waals surface area contributed by atoms with Gasteiger partial charge in [0.1, 0.15) is 0 Å². The van der Waals surface area contributed by atoms with Crippen molar-refractivity contribution in [3.8, 4) is 0 Å². The first-order valence-electron chi connectivity index (χ1n) is 7.09. The average Bonchev–Trinajstić information content (AvgIpc) is 2.89. The summed E-state index contributed by atoms with van der Waals surface area (Å²) in [5, 5.41) is 10.9. The minimum absolute atomic E-state index is 0.0338. The van der Waals surface area contributed by atoms with Gasteiger partial charge in [0.25, 0.3) is 17.5 Å². The first-order chi connectivity index (χ1) is 12.0. The molecule has 1 aliphatic rings. The van der Waals surface area contributed by atoms with E-state index in [1.54, 1.807) is 6.08 Å². The standard InChI is InChI=1S/C17H10N2O4S2/c20-15(12-7-4-8-13(10-12)19(22)23)18-16(21)14(25-17(18)24)9-11-5-2-1-3-6-11/h1-10H. The van der Waals surface area contributed by atoms with Crippen LogP contribution in [-0.2, 0) is 4.79 Å². The number of hydrogen-bond donors (Lipinski definition) is 0. The van der Waals surface area contributed by atoms with Gasteiger partial charge in [0, 0.05) is 17.7 Å². The van der Waals surface area contributed by atoms with E-state index in [1.807, 2.05) is 30.3 Å². The molecule has 1 aliphatic heterocycles. The molecule has 3 rings (SSSR count). The van der Waals surface area contributed by atoms with E-state index in [2.05, 4.69) is 0 Å². The number of thioether (sulfide) groups is 1. The SMILES string of the molecule is O=C1C(=Cc2ccccc2)SC(=S)N1C(=O)c1cccc([N+](=O)[O-])c1. The first kappa shape index (κ1) is 17.0. The Bertz CT molecular complexity index is 925. The third-order valence-electron chi connectivity index (χ3n) is 3.40. The highest BCUT2D eigenvalue weighted by molar-refractivity contribution is 8.26. The van der Waals surface area contributed by atoms with Gasteiger partial charge in [-0.15, -0.1) is 0 Å². The van der Waals surface area contributed by atoms with Crippen LogP contribution in [0.3, 0.4) is 0 Å². The molecule has 2 amide bonds. The van der Waals surface area contributed by atoms with Gasteiger partial charge < -0.3 is 0 Å². The van der Waals surface area contributed by atoms with E-state index >= 15 is 0 Å². The number of thiocarbonyl (C=S) groups is 1. The second-order valence-electron chi connectivity index (χ2n) is 5.04. The molecule has 2 aromatic rings. The minimum atomic E-state index is -0.678. The molecule has 0 saturated carbocycles. The van der Waals surface area contributed by atoms with Crippen LogP contribution >= 0.6 is 24.0 Å². The Hall–Kier alpha value is -2.84. The molecule has 0 radical (unpaired) electrons. The van der Waals surface area contributed by atoms with Crippen LogP contribution in [0.4, 0.5) is 5.69 Å². The summed E-state index contributed by atoms with van der Waals surface area (Å²) in [6, 6.07) is 14.4. The van der Waals surface area contributed by atoms with Crippen molar-refractivity contribution < 1.29 is 14.5 Å². The molecule has 25 heavy (non-hydrogen) atoms. The number of carbonyl (C=O) groups excluding carboxylic acids is 2. The topological polar surface area (TPSA) is 80.5 Å². The maximum Gasteiger partial charge on any atom is 0.273 e. The van der Waals surface area contributed by atoms with Gasteiger partial charge in [0.05, 0.1) is 9.83 Å². The molecule has 0 bridgehead atoms. The van der Waals surface area contributed by atoms with Gasteiger partial charge in [-0.05, 0) is 17.7 Å². The zero-order valence-electron chi connectivity index (χ0n) is 12.6. The van der Waals surface area contributed by atoms with E-state index in [0.29, 0.717) is 4.91 Å². The summed E-state index contributed by atoms with van der Waals surface area (Å²) >= 11 is 6.17. The molecular weight excluding hydrogens is 360 g/mol. The highest BCUT2D eigenvalue weighted by Crippen LogP contribution is 2.33. The number of amides is 2. The predicted molar refractivity (Wildman–Crippen MR) is 98.9 cm³/mol. The van der Waals surface area contributed by atoms with E-state index in [0.717, 1.165) is 28.3 Å². The van der Waals surface area contributed by atoms with Crippen molar-refractivity contribution in [1.29, 1.82) is 0 Å². The van der Waals surface area contributed by atoms with Crippen molar-refractivity contribution in [2.24, 2.45) is 0 Å². The maximum atomic E-state index is 12.6. The zero-order valence-corrected chi connectivity index (χ0v) is 14.3. The van der Waals surface area contributed by atoms with E-state index in [4.69, 9.17) is 12.2 Å². The molecule has 1 fully saturated rings. The van der Waals surface area contributed by atoms with Gasteiger partial charge in [0.2, 0.25) is 0 Å². The van der Waals surface area contributed by atoms with Crippen molar-refractivity contribution in [2.75, 3.05) is 0 Å². The second kappa shape index (κ2) is 6.96. The number of carbonyl (C=O) groups is 2. The fourth-order valence-corrected chi connectivity index (χ4v) is 3.48. The summed E-state index contributed by atoms with van der Waals surface area (Å²) in [5.41, 5.74) is 0.619. The molecule has 0 aliphatic carbocycles. The Balaban J connectivity index is 1.90. The normalized spacial score (nSPS) is 15.7.